The van der Waals surface area contributed by atoms with Crippen LogP contribution in [0, 0.1) is 0 Å². The van der Waals surface area contributed by atoms with Crippen molar-refractivity contribution in [2.75, 3.05) is 32.8 Å². The highest BCUT2D eigenvalue weighted by atomic mass is 32.2. The molecule has 0 unspecified atom stereocenters. The minimum Gasteiger partial charge on any atom is -0.493 e. The highest BCUT2D eigenvalue weighted by Crippen LogP contribution is 2.28. The molecule has 4 amide bonds. The van der Waals surface area contributed by atoms with Crippen LogP contribution in [0.3, 0.4) is 0 Å². The van der Waals surface area contributed by atoms with E-state index in [0.29, 0.717) is 23.5 Å². The molecule has 10 heteroatoms. The van der Waals surface area contributed by atoms with Gasteiger partial charge in [0.25, 0.3) is 5.91 Å². The van der Waals surface area contributed by atoms with Crippen LogP contribution in [0.4, 0.5) is 4.79 Å². The van der Waals surface area contributed by atoms with Crippen LogP contribution < -0.4 is 20.1 Å². The van der Waals surface area contributed by atoms with Crippen LogP contribution in [0.1, 0.15) is 24.8 Å². The fourth-order valence-electron chi connectivity index (χ4n) is 3.13. The van der Waals surface area contributed by atoms with E-state index >= 15 is 0 Å². The molecular formula is C20H29N3O6S. The fraction of sp³-hybridized carbons (Fsp3) is 0.550. The van der Waals surface area contributed by atoms with Crippen molar-refractivity contribution in [2.45, 2.75) is 37.9 Å². The molecule has 0 bridgehead atoms. The molecule has 1 aliphatic rings. The van der Waals surface area contributed by atoms with Gasteiger partial charge in [-0.15, -0.1) is 0 Å². The van der Waals surface area contributed by atoms with Gasteiger partial charge in [-0.05, 0) is 42.5 Å². The van der Waals surface area contributed by atoms with Gasteiger partial charge in [-0.1, -0.05) is 6.07 Å². The Morgan fingerprint density at radius 3 is 2.67 bits per heavy atom. The first-order valence-electron chi connectivity index (χ1n) is 9.65. The molecule has 0 aliphatic carbocycles. The Balaban J connectivity index is 1.91. The molecule has 0 aromatic heterocycles. The molecule has 3 N–H and O–H groups in total. The molecule has 2 rings (SSSR count). The molecule has 9 nitrogen and oxygen atoms in total. The molecule has 0 saturated carbocycles. The lowest BCUT2D eigenvalue weighted by Crippen LogP contribution is -2.39. The second-order valence-corrected chi connectivity index (χ2v) is 7.87. The summed E-state index contributed by atoms with van der Waals surface area (Å²) in [6.45, 7) is -0.0422. The zero-order chi connectivity index (χ0) is 22.1. The largest absolute Gasteiger partial charge is 0.493 e. The van der Waals surface area contributed by atoms with Crippen molar-refractivity contribution in [3.05, 3.63) is 23.8 Å². The van der Waals surface area contributed by atoms with E-state index in [1.807, 2.05) is 6.26 Å². The number of nitrogens with zero attached hydrogens (tertiary/aromatic N) is 1. The molecule has 0 spiro atoms. The van der Waals surface area contributed by atoms with Crippen LogP contribution in [-0.2, 0) is 16.1 Å². The first kappa shape index (κ1) is 23.8. The number of carbonyl (C=O) groups excluding carboxylic acids is 3. The Morgan fingerprint density at radius 1 is 1.30 bits per heavy atom. The molecule has 1 aliphatic heterocycles. The molecule has 166 valence electrons. The predicted octanol–water partition coefficient (Wildman–Crippen LogP) is 1.13. The van der Waals surface area contributed by atoms with Gasteiger partial charge in [0.15, 0.2) is 11.5 Å². The number of ether oxygens (including phenoxy) is 2. The second kappa shape index (κ2) is 11.7. The van der Waals surface area contributed by atoms with Crippen molar-refractivity contribution < 1.29 is 29.0 Å². The zero-order valence-corrected chi connectivity index (χ0v) is 18.3. The van der Waals surface area contributed by atoms with Gasteiger partial charge >= 0.3 is 6.03 Å². The Morgan fingerprint density at radius 2 is 2.03 bits per heavy atom. The summed E-state index contributed by atoms with van der Waals surface area (Å²) in [5.74, 6) is 1.27. The number of nitrogens with one attached hydrogen (secondary N) is 2. The van der Waals surface area contributed by atoms with E-state index in [-0.39, 0.29) is 43.8 Å². The Kier molecular flexibility index (Phi) is 9.25. The van der Waals surface area contributed by atoms with Gasteiger partial charge in [-0.25, -0.2) is 4.79 Å². The van der Waals surface area contributed by atoms with E-state index in [1.54, 1.807) is 30.0 Å². The van der Waals surface area contributed by atoms with Crippen LogP contribution in [0.15, 0.2) is 18.2 Å². The van der Waals surface area contributed by atoms with Gasteiger partial charge in [0.05, 0.1) is 33.4 Å². The van der Waals surface area contributed by atoms with E-state index in [4.69, 9.17) is 9.47 Å². The van der Waals surface area contributed by atoms with Gasteiger partial charge in [0, 0.05) is 6.42 Å². The van der Waals surface area contributed by atoms with Gasteiger partial charge in [-0.2, -0.15) is 11.8 Å². The van der Waals surface area contributed by atoms with Crippen molar-refractivity contribution in [3.63, 3.8) is 0 Å². The summed E-state index contributed by atoms with van der Waals surface area (Å²) in [5, 5.41) is 14.7. The third kappa shape index (κ3) is 6.27. The first-order chi connectivity index (χ1) is 14.4. The second-order valence-electron chi connectivity index (χ2n) is 6.88. The van der Waals surface area contributed by atoms with Gasteiger partial charge in [0.1, 0.15) is 6.04 Å². The molecule has 0 radical (unpaired) electrons. The standard InChI is InChI=1S/C20H29N3O6S/c1-28-16-6-4-13(10-17(16)29-2)11-23-19(26)15(22-20(23)27)5-7-18(25)21-14(12-24)8-9-30-3/h4,6,10,14-15,24H,5,7-9,11-12H2,1-3H3,(H,21,25)(H,22,27)/t14-,15+/m0/s1. The normalized spacial score (nSPS) is 16.9. The Labute approximate surface area is 180 Å². The molecule has 1 heterocycles. The van der Waals surface area contributed by atoms with E-state index < -0.39 is 12.1 Å². The van der Waals surface area contributed by atoms with E-state index in [9.17, 15) is 19.5 Å². The lowest BCUT2D eigenvalue weighted by Gasteiger charge is -2.16. The number of hydrogen-bond donors (Lipinski definition) is 3. The number of aliphatic hydroxyl groups excluding tert-OH is 1. The maximum absolute atomic E-state index is 12.6. The lowest BCUT2D eigenvalue weighted by atomic mass is 10.1. The molecule has 2 atom stereocenters. The Hall–Kier alpha value is -2.46. The van der Waals surface area contributed by atoms with E-state index in [2.05, 4.69) is 10.6 Å². The SMILES string of the molecule is COc1ccc(CN2C(=O)N[C@H](CCC(=O)N[C@H](CO)CCSC)C2=O)cc1OC. The smallest absolute Gasteiger partial charge is 0.325 e. The summed E-state index contributed by atoms with van der Waals surface area (Å²) in [6, 6.07) is 3.63. The molecule has 1 fully saturated rings. The van der Waals surface area contributed by atoms with E-state index in [0.717, 1.165) is 10.7 Å². The van der Waals surface area contributed by atoms with Gasteiger partial charge in [0.2, 0.25) is 5.91 Å². The van der Waals surface area contributed by atoms with Crippen LogP contribution in [0.25, 0.3) is 0 Å². The Bertz CT molecular complexity index is 760. The number of methoxy groups -OCH3 is 2. The third-order valence-electron chi connectivity index (χ3n) is 4.81. The average molecular weight is 440 g/mol. The summed E-state index contributed by atoms with van der Waals surface area (Å²) in [4.78, 5) is 38.2. The summed E-state index contributed by atoms with van der Waals surface area (Å²) in [6.07, 6.45) is 2.90. The monoisotopic (exact) mass is 439 g/mol. The number of benzene rings is 1. The number of amides is 4. The number of hydrogen-bond acceptors (Lipinski definition) is 7. The number of carbonyl (C=O) groups is 3. The summed E-state index contributed by atoms with van der Waals surface area (Å²) < 4.78 is 10.4. The van der Waals surface area contributed by atoms with Crippen LogP contribution in [-0.4, -0.2) is 72.8 Å². The summed E-state index contributed by atoms with van der Waals surface area (Å²) in [7, 11) is 3.04. The van der Waals surface area contributed by atoms with Crippen LogP contribution in [0.2, 0.25) is 0 Å². The quantitative estimate of drug-likeness (QED) is 0.418. The highest BCUT2D eigenvalue weighted by molar-refractivity contribution is 7.98. The van der Waals surface area contributed by atoms with E-state index in [1.165, 1.54) is 14.2 Å². The number of aliphatic hydroxyl groups is 1. The third-order valence-corrected chi connectivity index (χ3v) is 5.46. The fourth-order valence-corrected chi connectivity index (χ4v) is 3.65. The minimum absolute atomic E-state index is 0.0800. The average Bonchev–Trinajstić information content (AvgIpc) is 3.02. The number of rotatable bonds is 12. The topological polar surface area (TPSA) is 117 Å². The van der Waals surface area contributed by atoms with Crippen molar-refractivity contribution in [1.82, 2.24) is 15.5 Å². The van der Waals surface area contributed by atoms with Crippen molar-refractivity contribution in [3.8, 4) is 11.5 Å². The maximum Gasteiger partial charge on any atom is 0.325 e. The minimum atomic E-state index is -0.748. The van der Waals surface area contributed by atoms with Crippen LogP contribution in [0.5, 0.6) is 11.5 Å². The summed E-state index contributed by atoms with van der Waals surface area (Å²) >= 11 is 1.64. The van der Waals surface area contributed by atoms with Crippen molar-refractivity contribution in [1.29, 1.82) is 0 Å². The lowest BCUT2D eigenvalue weighted by molar-refractivity contribution is -0.128. The molecule has 1 aromatic rings. The summed E-state index contributed by atoms with van der Waals surface area (Å²) in [5.41, 5.74) is 0.717. The number of urea groups is 1. The molecule has 1 aromatic carbocycles. The predicted molar refractivity (Wildman–Crippen MR) is 114 cm³/mol. The van der Waals surface area contributed by atoms with Crippen molar-refractivity contribution >= 4 is 29.6 Å². The number of thioether (sulfide) groups is 1. The molecule has 1 saturated heterocycles. The van der Waals surface area contributed by atoms with Crippen molar-refractivity contribution in [2.24, 2.45) is 0 Å². The maximum atomic E-state index is 12.6. The highest BCUT2D eigenvalue weighted by Gasteiger charge is 2.38. The molecule has 30 heavy (non-hydrogen) atoms. The number of imide groups is 1. The van der Waals surface area contributed by atoms with Gasteiger partial charge in [-0.3, -0.25) is 14.5 Å². The van der Waals surface area contributed by atoms with Crippen LogP contribution >= 0.6 is 11.8 Å². The molecular weight excluding hydrogens is 410 g/mol. The van der Waals surface area contributed by atoms with Gasteiger partial charge < -0.3 is 25.2 Å². The zero-order valence-electron chi connectivity index (χ0n) is 17.5. The first-order valence-corrected chi connectivity index (χ1v) is 11.0.